The van der Waals surface area contributed by atoms with Crippen LogP contribution in [-0.2, 0) is 23.0 Å². The Bertz CT molecular complexity index is 1340. The van der Waals surface area contributed by atoms with E-state index in [0.717, 1.165) is 50.7 Å². The van der Waals surface area contributed by atoms with Crippen LogP contribution in [0.4, 0.5) is 11.9 Å². The van der Waals surface area contributed by atoms with Gasteiger partial charge >= 0.3 is 0 Å². The van der Waals surface area contributed by atoms with Crippen molar-refractivity contribution in [3.05, 3.63) is 69.2 Å². The zero-order chi connectivity index (χ0) is 26.6. The van der Waals surface area contributed by atoms with Gasteiger partial charge in [-0.25, -0.2) is 18.2 Å². The summed E-state index contributed by atoms with van der Waals surface area (Å²) in [6, 6.07) is 13.2. The molecule has 198 valence electrons. The number of rotatable bonds is 9. The van der Waals surface area contributed by atoms with Crippen molar-refractivity contribution in [2.24, 2.45) is 0 Å². The number of hydrogen-bond donors (Lipinski definition) is 3. The van der Waals surface area contributed by atoms with E-state index in [2.05, 4.69) is 25.0 Å². The third-order valence-corrected chi connectivity index (χ3v) is 7.43. The first-order chi connectivity index (χ1) is 17.6. The van der Waals surface area contributed by atoms with Crippen molar-refractivity contribution in [3.63, 3.8) is 0 Å². The van der Waals surface area contributed by atoms with Gasteiger partial charge in [0.15, 0.2) is 0 Å². The van der Waals surface area contributed by atoms with Crippen molar-refractivity contribution >= 4 is 51.0 Å². The van der Waals surface area contributed by atoms with Crippen molar-refractivity contribution in [2.45, 2.75) is 31.8 Å². The number of nitrogens with zero attached hydrogens (tertiary/aromatic N) is 4. The van der Waals surface area contributed by atoms with E-state index in [9.17, 15) is 13.2 Å². The minimum absolute atomic E-state index is 0.124. The summed E-state index contributed by atoms with van der Waals surface area (Å²) in [5, 5.41) is 7.74. The molecule has 0 spiro atoms. The van der Waals surface area contributed by atoms with E-state index in [0.29, 0.717) is 23.5 Å². The molecule has 0 radical (unpaired) electrons. The number of sulfonamides is 1. The van der Waals surface area contributed by atoms with Gasteiger partial charge in [0.2, 0.25) is 21.9 Å². The van der Waals surface area contributed by atoms with Crippen LogP contribution in [0.1, 0.15) is 34.3 Å². The summed E-state index contributed by atoms with van der Waals surface area (Å²) in [7, 11) is -3.71. The summed E-state index contributed by atoms with van der Waals surface area (Å²) in [5.41, 5.74) is 7.85. The molecule has 1 aliphatic heterocycles. The van der Waals surface area contributed by atoms with Crippen LogP contribution < -0.4 is 15.4 Å². The first kappa shape index (κ1) is 27.2. The average molecular weight is 567 g/mol. The van der Waals surface area contributed by atoms with E-state index in [1.165, 1.54) is 5.56 Å². The second-order valence-electron chi connectivity index (χ2n) is 9.10. The summed E-state index contributed by atoms with van der Waals surface area (Å²) in [5.74, 6) is 0.143. The predicted molar refractivity (Wildman–Crippen MR) is 145 cm³/mol. The molecule has 2 heterocycles. The van der Waals surface area contributed by atoms with Gasteiger partial charge < -0.3 is 10.6 Å². The number of anilines is 2. The molecule has 0 unspecified atom stereocenters. The third-order valence-electron chi connectivity index (χ3n) is 6.29. The van der Waals surface area contributed by atoms with Crippen LogP contribution in [0.15, 0.2) is 42.5 Å². The Hall–Kier alpha value is -2.86. The minimum atomic E-state index is -3.71. The molecule has 13 heteroatoms. The van der Waals surface area contributed by atoms with Gasteiger partial charge in [0.05, 0.1) is 16.8 Å². The van der Waals surface area contributed by atoms with E-state index in [1.54, 1.807) is 12.1 Å². The molecule has 1 fully saturated rings. The van der Waals surface area contributed by atoms with Crippen LogP contribution >= 0.6 is 23.2 Å². The molecular formula is C24H29Cl2N7O3S. The van der Waals surface area contributed by atoms with E-state index >= 15 is 0 Å². The molecule has 1 saturated heterocycles. The number of benzene rings is 2. The molecule has 0 saturated carbocycles. The lowest BCUT2D eigenvalue weighted by Crippen LogP contribution is -2.45. The first-order valence-corrected chi connectivity index (χ1v) is 14.4. The maximum absolute atomic E-state index is 12.5. The molecule has 0 bridgehead atoms. The standard InChI is InChI=1S/C24H29Cl2N7O3S/c1-37(35,36)31-22(34)20-14-17(4-7-21(20)26)15-33(11-8-16-2-5-18(25)6-3-16)19-9-12-32(13-10-19)24-28-23(27)29-30-24/h2-7,14,19H,8-13,15H2,1H3,(H,31,34)(H3,27,28,29,30). The first-order valence-electron chi connectivity index (χ1n) is 11.8. The average Bonchev–Trinajstić information content (AvgIpc) is 3.29. The summed E-state index contributed by atoms with van der Waals surface area (Å²) >= 11 is 12.3. The van der Waals surface area contributed by atoms with Gasteiger partial charge in [-0.15, -0.1) is 5.10 Å². The fourth-order valence-electron chi connectivity index (χ4n) is 4.45. The highest BCUT2D eigenvalue weighted by Gasteiger charge is 2.27. The van der Waals surface area contributed by atoms with Gasteiger partial charge in [0, 0.05) is 37.2 Å². The van der Waals surface area contributed by atoms with Crippen LogP contribution in [0.2, 0.25) is 10.0 Å². The van der Waals surface area contributed by atoms with Crippen LogP contribution in [0, 0.1) is 0 Å². The largest absolute Gasteiger partial charge is 0.368 e. The summed E-state index contributed by atoms with van der Waals surface area (Å²) in [6.07, 6.45) is 3.54. The summed E-state index contributed by atoms with van der Waals surface area (Å²) in [4.78, 5) is 21.2. The van der Waals surface area contributed by atoms with Gasteiger partial charge in [0.25, 0.3) is 5.91 Å². The number of halogens is 2. The molecule has 2 aromatic carbocycles. The number of nitrogen functional groups attached to an aromatic ring is 1. The quantitative estimate of drug-likeness (QED) is 0.360. The Morgan fingerprint density at radius 3 is 2.46 bits per heavy atom. The SMILES string of the molecule is CS(=O)(=O)NC(=O)c1cc(CN(CCc2ccc(Cl)cc2)C2CCN(c3n[nH]c(N)n3)CC2)ccc1Cl. The Labute approximate surface area is 226 Å². The van der Waals surface area contributed by atoms with Crippen molar-refractivity contribution in [3.8, 4) is 0 Å². The molecule has 1 aromatic heterocycles. The normalized spacial score (nSPS) is 14.8. The number of aromatic nitrogens is 3. The molecule has 1 aliphatic rings. The summed E-state index contributed by atoms with van der Waals surface area (Å²) < 4.78 is 25.1. The Balaban J connectivity index is 1.50. The maximum Gasteiger partial charge on any atom is 0.266 e. The Morgan fingerprint density at radius 2 is 1.84 bits per heavy atom. The number of amides is 1. The van der Waals surface area contributed by atoms with Crippen molar-refractivity contribution < 1.29 is 13.2 Å². The molecule has 1 amide bonds. The van der Waals surface area contributed by atoms with Gasteiger partial charge in [-0.05, 0) is 54.7 Å². The van der Waals surface area contributed by atoms with Crippen molar-refractivity contribution in [1.82, 2.24) is 24.8 Å². The topological polar surface area (TPSA) is 137 Å². The van der Waals surface area contributed by atoms with E-state index in [1.807, 2.05) is 35.1 Å². The number of carbonyl (C=O) groups is 1. The lowest BCUT2D eigenvalue weighted by molar-refractivity contribution is 0.0981. The number of aromatic amines is 1. The maximum atomic E-state index is 12.5. The molecule has 37 heavy (non-hydrogen) atoms. The molecule has 10 nitrogen and oxygen atoms in total. The molecule has 4 N–H and O–H groups in total. The highest BCUT2D eigenvalue weighted by atomic mass is 35.5. The number of nitrogens with one attached hydrogen (secondary N) is 2. The monoisotopic (exact) mass is 565 g/mol. The smallest absolute Gasteiger partial charge is 0.266 e. The zero-order valence-electron chi connectivity index (χ0n) is 20.3. The highest BCUT2D eigenvalue weighted by Crippen LogP contribution is 2.25. The Morgan fingerprint density at radius 1 is 1.16 bits per heavy atom. The van der Waals surface area contributed by atoms with Gasteiger partial charge in [0.1, 0.15) is 0 Å². The fraction of sp³-hybridized carbons (Fsp3) is 0.375. The van der Waals surface area contributed by atoms with Crippen LogP contribution in [0.25, 0.3) is 0 Å². The molecular weight excluding hydrogens is 537 g/mol. The fourth-order valence-corrected chi connectivity index (χ4v) is 5.23. The lowest BCUT2D eigenvalue weighted by Gasteiger charge is -2.38. The highest BCUT2D eigenvalue weighted by molar-refractivity contribution is 7.89. The molecule has 0 atom stereocenters. The number of H-pyrrole nitrogens is 1. The third kappa shape index (κ3) is 7.57. The Kier molecular flexibility index (Phi) is 8.58. The lowest BCUT2D eigenvalue weighted by atomic mass is 10.0. The van der Waals surface area contributed by atoms with E-state index < -0.39 is 15.9 Å². The number of piperidine rings is 1. The van der Waals surface area contributed by atoms with Gasteiger partial charge in [-0.3, -0.25) is 9.69 Å². The van der Waals surface area contributed by atoms with Crippen LogP contribution in [-0.4, -0.2) is 66.3 Å². The van der Waals surface area contributed by atoms with Crippen molar-refractivity contribution in [2.75, 3.05) is 36.5 Å². The van der Waals surface area contributed by atoms with Crippen LogP contribution in [0.3, 0.4) is 0 Å². The van der Waals surface area contributed by atoms with E-state index in [-0.39, 0.29) is 16.6 Å². The second kappa shape index (κ2) is 11.7. The molecule has 3 aromatic rings. The summed E-state index contributed by atoms with van der Waals surface area (Å²) in [6.45, 7) is 2.92. The zero-order valence-corrected chi connectivity index (χ0v) is 22.7. The molecule has 0 aliphatic carbocycles. The number of hydrogen-bond acceptors (Lipinski definition) is 8. The van der Waals surface area contributed by atoms with E-state index in [4.69, 9.17) is 28.9 Å². The van der Waals surface area contributed by atoms with Gasteiger partial charge in [-0.1, -0.05) is 41.4 Å². The predicted octanol–water partition coefficient (Wildman–Crippen LogP) is 3.10. The van der Waals surface area contributed by atoms with Crippen LogP contribution in [0.5, 0.6) is 0 Å². The number of nitrogens with two attached hydrogens (primary N) is 1. The number of carbonyl (C=O) groups excluding carboxylic acids is 1. The minimum Gasteiger partial charge on any atom is -0.368 e. The van der Waals surface area contributed by atoms with Crippen molar-refractivity contribution in [1.29, 1.82) is 0 Å². The second-order valence-corrected chi connectivity index (χ2v) is 11.7. The van der Waals surface area contributed by atoms with Gasteiger partial charge in [-0.2, -0.15) is 4.98 Å². The molecule has 4 rings (SSSR count).